The standard InChI is InChI=1S/C17H21FN4O2/c1-21-17(23)13(11-22-7-5-19-6-8-22)10-15(20-21)12-3-4-16(24-2)14(18)9-12/h3-4,9-10,19H,5-8,11H2,1-2H3. The van der Waals surface area contributed by atoms with E-state index in [0.29, 0.717) is 23.4 Å². The lowest BCUT2D eigenvalue weighted by Gasteiger charge is -2.27. The molecule has 128 valence electrons. The minimum atomic E-state index is -0.450. The van der Waals surface area contributed by atoms with E-state index in [0.717, 1.165) is 26.2 Å². The van der Waals surface area contributed by atoms with Crippen LogP contribution in [0.2, 0.25) is 0 Å². The van der Waals surface area contributed by atoms with E-state index in [2.05, 4.69) is 15.3 Å². The van der Waals surface area contributed by atoms with Crippen molar-refractivity contribution in [3.05, 3.63) is 46.0 Å². The molecule has 0 bridgehead atoms. The zero-order valence-corrected chi connectivity index (χ0v) is 13.9. The number of aryl methyl sites for hydroxylation is 1. The van der Waals surface area contributed by atoms with Crippen molar-refractivity contribution in [3.63, 3.8) is 0 Å². The van der Waals surface area contributed by atoms with Gasteiger partial charge < -0.3 is 10.1 Å². The van der Waals surface area contributed by atoms with E-state index >= 15 is 0 Å². The van der Waals surface area contributed by atoms with Crippen LogP contribution in [0.3, 0.4) is 0 Å². The number of nitrogens with one attached hydrogen (secondary N) is 1. The van der Waals surface area contributed by atoms with Crippen molar-refractivity contribution in [2.45, 2.75) is 6.54 Å². The third-order valence-electron chi connectivity index (χ3n) is 4.19. The minimum Gasteiger partial charge on any atom is -0.494 e. The maximum Gasteiger partial charge on any atom is 0.271 e. The Hall–Kier alpha value is -2.25. The molecule has 7 heteroatoms. The Bertz CT molecular complexity index is 785. The normalized spacial score (nSPS) is 15.5. The van der Waals surface area contributed by atoms with Crippen molar-refractivity contribution in [1.29, 1.82) is 0 Å². The molecule has 2 aromatic rings. The summed E-state index contributed by atoms with van der Waals surface area (Å²) in [7, 11) is 3.04. The van der Waals surface area contributed by atoms with Gasteiger partial charge in [-0.25, -0.2) is 9.07 Å². The van der Waals surface area contributed by atoms with E-state index in [1.54, 1.807) is 25.2 Å². The van der Waals surface area contributed by atoms with Crippen molar-refractivity contribution in [2.75, 3.05) is 33.3 Å². The summed E-state index contributed by atoms with van der Waals surface area (Å²) in [6, 6.07) is 6.43. The average molecular weight is 332 g/mol. The molecule has 1 saturated heterocycles. The summed E-state index contributed by atoms with van der Waals surface area (Å²) in [5, 5.41) is 7.55. The molecule has 0 unspecified atom stereocenters. The van der Waals surface area contributed by atoms with Gasteiger partial charge in [0, 0.05) is 50.9 Å². The largest absolute Gasteiger partial charge is 0.494 e. The SMILES string of the molecule is COc1ccc(-c2cc(CN3CCNCC3)c(=O)n(C)n2)cc1F. The first-order valence-electron chi connectivity index (χ1n) is 7.92. The number of aromatic nitrogens is 2. The number of nitrogens with zero attached hydrogens (tertiary/aromatic N) is 3. The molecule has 1 aliphatic rings. The fraction of sp³-hybridized carbons (Fsp3) is 0.412. The molecule has 1 N–H and O–H groups in total. The molecular formula is C17H21FN4O2. The maximum absolute atomic E-state index is 14.0. The van der Waals surface area contributed by atoms with E-state index in [-0.39, 0.29) is 11.3 Å². The average Bonchev–Trinajstić information content (AvgIpc) is 2.59. The van der Waals surface area contributed by atoms with Gasteiger partial charge in [-0.2, -0.15) is 5.10 Å². The molecule has 1 aliphatic heterocycles. The predicted molar refractivity (Wildman–Crippen MR) is 89.6 cm³/mol. The highest BCUT2D eigenvalue weighted by atomic mass is 19.1. The molecule has 24 heavy (non-hydrogen) atoms. The first-order valence-corrected chi connectivity index (χ1v) is 7.92. The van der Waals surface area contributed by atoms with Crippen LogP contribution in [-0.2, 0) is 13.6 Å². The van der Waals surface area contributed by atoms with Crippen LogP contribution in [0, 0.1) is 5.82 Å². The van der Waals surface area contributed by atoms with E-state index in [9.17, 15) is 9.18 Å². The molecule has 0 atom stereocenters. The fourth-order valence-electron chi connectivity index (χ4n) is 2.86. The highest BCUT2D eigenvalue weighted by Gasteiger charge is 2.15. The van der Waals surface area contributed by atoms with Gasteiger partial charge >= 0.3 is 0 Å². The van der Waals surface area contributed by atoms with Crippen LogP contribution in [0.5, 0.6) is 5.75 Å². The number of ether oxygens (including phenoxy) is 1. The molecule has 1 aromatic carbocycles. The van der Waals surface area contributed by atoms with Gasteiger partial charge in [0.05, 0.1) is 12.8 Å². The Labute approximate surface area is 139 Å². The zero-order chi connectivity index (χ0) is 17.1. The molecule has 1 fully saturated rings. The Morgan fingerprint density at radius 3 is 2.71 bits per heavy atom. The second kappa shape index (κ2) is 7.11. The Kier molecular flexibility index (Phi) is 4.92. The van der Waals surface area contributed by atoms with E-state index in [4.69, 9.17) is 4.74 Å². The first-order chi connectivity index (χ1) is 11.6. The molecule has 0 saturated carbocycles. The van der Waals surface area contributed by atoms with E-state index in [1.165, 1.54) is 17.9 Å². The van der Waals surface area contributed by atoms with Crippen LogP contribution in [-0.4, -0.2) is 48.0 Å². The second-order valence-corrected chi connectivity index (χ2v) is 5.86. The topological polar surface area (TPSA) is 59.4 Å². The molecule has 0 amide bonds. The predicted octanol–water partition coefficient (Wildman–Crippen LogP) is 1.00. The first kappa shape index (κ1) is 16.6. The van der Waals surface area contributed by atoms with Gasteiger partial charge in [0.2, 0.25) is 0 Å². The smallest absolute Gasteiger partial charge is 0.271 e. The Balaban J connectivity index is 1.94. The van der Waals surface area contributed by atoms with Crippen LogP contribution in [0.25, 0.3) is 11.3 Å². The Morgan fingerprint density at radius 2 is 2.04 bits per heavy atom. The van der Waals surface area contributed by atoms with Crippen LogP contribution in [0.4, 0.5) is 4.39 Å². The lowest BCUT2D eigenvalue weighted by molar-refractivity contribution is 0.232. The van der Waals surface area contributed by atoms with Crippen LogP contribution in [0.1, 0.15) is 5.56 Å². The number of hydrogen-bond acceptors (Lipinski definition) is 5. The molecular weight excluding hydrogens is 311 g/mol. The number of hydrogen-bond donors (Lipinski definition) is 1. The lowest BCUT2D eigenvalue weighted by atomic mass is 10.1. The van der Waals surface area contributed by atoms with Gasteiger partial charge in [-0.15, -0.1) is 0 Å². The number of benzene rings is 1. The summed E-state index contributed by atoms with van der Waals surface area (Å²) in [6.07, 6.45) is 0. The molecule has 0 radical (unpaired) electrons. The maximum atomic E-state index is 14.0. The molecule has 1 aromatic heterocycles. The fourth-order valence-corrected chi connectivity index (χ4v) is 2.86. The van der Waals surface area contributed by atoms with Gasteiger partial charge in [0.1, 0.15) is 0 Å². The number of halogens is 1. The number of rotatable bonds is 4. The summed E-state index contributed by atoms with van der Waals surface area (Å²) >= 11 is 0. The molecule has 2 heterocycles. The number of piperazine rings is 1. The quantitative estimate of drug-likeness (QED) is 0.905. The monoisotopic (exact) mass is 332 g/mol. The molecule has 6 nitrogen and oxygen atoms in total. The summed E-state index contributed by atoms with van der Waals surface area (Å²) in [4.78, 5) is 14.6. The van der Waals surface area contributed by atoms with Crippen molar-refractivity contribution in [2.24, 2.45) is 7.05 Å². The van der Waals surface area contributed by atoms with E-state index in [1.807, 2.05) is 0 Å². The summed E-state index contributed by atoms with van der Waals surface area (Å²) < 4.78 is 20.2. The highest BCUT2D eigenvalue weighted by molar-refractivity contribution is 5.60. The van der Waals surface area contributed by atoms with Gasteiger partial charge in [0.15, 0.2) is 11.6 Å². The zero-order valence-electron chi connectivity index (χ0n) is 13.9. The van der Waals surface area contributed by atoms with Gasteiger partial charge in [-0.1, -0.05) is 0 Å². The van der Waals surface area contributed by atoms with Crippen molar-refractivity contribution in [1.82, 2.24) is 20.0 Å². The minimum absolute atomic E-state index is 0.119. The van der Waals surface area contributed by atoms with Crippen LogP contribution in [0.15, 0.2) is 29.1 Å². The van der Waals surface area contributed by atoms with Gasteiger partial charge in [-0.05, 0) is 24.3 Å². The third kappa shape index (κ3) is 3.47. The van der Waals surface area contributed by atoms with Gasteiger partial charge in [-0.3, -0.25) is 9.69 Å². The molecule has 0 aliphatic carbocycles. The van der Waals surface area contributed by atoms with Crippen molar-refractivity contribution in [3.8, 4) is 17.0 Å². The van der Waals surface area contributed by atoms with Crippen molar-refractivity contribution >= 4 is 0 Å². The summed E-state index contributed by atoms with van der Waals surface area (Å²) in [5.41, 5.74) is 1.74. The molecule has 3 rings (SSSR count). The second-order valence-electron chi connectivity index (χ2n) is 5.86. The van der Waals surface area contributed by atoms with E-state index < -0.39 is 5.82 Å². The van der Waals surface area contributed by atoms with Crippen molar-refractivity contribution < 1.29 is 9.13 Å². The lowest BCUT2D eigenvalue weighted by Crippen LogP contribution is -2.44. The van der Waals surface area contributed by atoms with Crippen LogP contribution >= 0.6 is 0 Å². The van der Waals surface area contributed by atoms with Gasteiger partial charge in [0.25, 0.3) is 5.56 Å². The summed E-state index contributed by atoms with van der Waals surface area (Å²) in [6.45, 7) is 4.21. The Morgan fingerprint density at radius 1 is 1.29 bits per heavy atom. The number of methoxy groups -OCH3 is 1. The summed E-state index contributed by atoms with van der Waals surface area (Å²) in [5.74, 6) is -0.265. The highest BCUT2D eigenvalue weighted by Crippen LogP contribution is 2.24. The molecule has 0 spiro atoms. The van der Waals surface area contributed by atoms with Crippen LogP contribution < -0.4 is 15.6 Å². The third-order valence-corrected chi connectivity index (χ3v) is 4.19.